The van der Waals surface area contributed by atoms with Crippen LogP contribution in [-0.4, -0.2) is 53.4 Å². The Morgan fingerprint density at radius 3 is 2.60 bits per heavy atom. The topological polar surface area (TPSA) is 72.3 Å². The first-order chi connectivity index (χ1) is 14.6. The summed E-state index contributed by atoms with van der Waals surface area (Å²) >= 11 is 0. The van der Waals surface area contributed by atoms with Crippen LogP contribution < -0.4 is 5.32 Å². The maximum Gasteiger partial charge on any atom is 0.224 e. The van der Waals surface area contributed by atoms with Crippen molar-refractivity contribution in [2.24, 2.45) is 0 Å². The van der Waals surface area contributed by atoms with Gasteiger partial charge in [0.05, 0.1) is 6.07 Å². The highest BCUT2D eigenvalue weighted by Crippen LogP contribution is 2.24. The molecule has 1 N–H and O–H groups in total. The third-order valence-electron chi connectivity index (χ3n) is 5.59. The van der Waals surface area contributed by atoms with E-state index in [4.69, 9.17) is 0 Å². The van der Waals surface area contributed by atoms with E-state index in [0.717, 1.165) is 16.8 Å². The van der Waals surface area contributed by atoms with Gasteiger partial charge in [0.15, 0.2) is 0 Å². The minimum atomic E-state index is -0.331. The average molecular weight is 404 g/mol. The van der Waals surface area contributed by atoms with Gasteiger partial charge in [0.25, 0.3) is 0 Å². The number of nitrogens with one attached hydrogen (secondary N) is 1. The predicted molar refractivity (Wildman–Crippen MR) is 117 cm³/mol. The van der Waals surface area contributed by atoms with Crippen LogP contribution in [0.4, 0.5) is 0 Å². The molecule has 2 aromatic rings. The van der Waals surface area contributed by atoms with E-state index < -0.39 is 0 Å². The van der Waals surface area contributed by atoms with Gasteiger partial charge in [-0.05, 0) is 18.6 Å². The zero-order valence-corrected chi connectivity index (χ0v) is 17.5. The highest BCUT2D eigenvalue weighted by atomic mass is 16.2. The van der Waals surface area contributed by atoms with Gasteiger partial charge in [-0.3, -0.25) is 14.7 Å². The zero-order chi connectivity index (χ0) is 21.3. The Balaban J connectivity index is 1.61. The minimum absolute atomic E-state index is 0.0420. The second kappa shape index (κ2) is 10.7. The van der Waals surface area contributed by atoms with Gasteiger partial charge in [0, 0.05) is 62.6 Å². The summed E-state index contributed by atoms with van der Waals surface area (Å²) in [5.74, 6) is 0.131. The summed E-state index contributed by atoms with van der Waals surface area (Å²) in [5, 5.41) is 13.1. The summed E-state index contributed by atoms with van der Waals surface area (Å²) in [6.45, 7) is 8.94. The second-order valence-corrected chi connectivity index (χ2v) is 7.49. The largest absolute Gasteiger partial charge is 0.340 e. The third kappa shape index (κ3) is 5.32. The fraction of sp³-hybridized carbons (Fsp3) is 0.375. The second-order valence-electron chi connectivity index (χ2n) is 7.49. The fourth-order valence-corrected chi connectivity index (χ4v) is 3.89. The molecule has 156 valence electrons. The van der Waals surface area contributed by atoms with E-state index in [-0.39, 0.29) is 18.0 Å². The molecule has 0 spiro atoms. The molecule has 30 heavy (non-hydrogen) atoms. The van der Waals surface area contributed by atoms with Gasteiger partial charge in [0.1, 0.15) is 6.04 Å². The molecule has 2 heterocycles. The lowest BCUT2D eigenvalue weighted by Crippen LogP contribution is -2.50. The third-order valence-corrected chi connectivity index (χ3v) is 5.59. The molecule has 1 aliphatic heterocycles. The number of rotatable bonds is 8. The Kier molecular flexibility index (Phi) is 7.72. The van der Waals surface area contributed by atoms with Crippen LogP contribution >= 0.6 is 0 Å². The molecule has 6 nitrogen and oxygen atoms in total. The molecule has 1 aromatic heterocycles. The summed E-state index contributed by atoms with van der Waals surface area (Å²) in [7, 11) is 0. The summed E-state index contributed by atoms with van der Waals surface area (Å²) in [6.07, 6.45) is 3.95. The van der Waals surface area contributed by atoms with Crippen molar-refractivity contribution < 1.29 is 4.79 Å². The normalized spacial score (nSPS) is 16.5. The lowest BCUT2D eigenvalue weighted by molar-refractivity contribution is -0.133. The van der Waals surface area contributed by atoms with E-state index >= 15 is 0 Å². The lowest BCUT2D eigenvalue weighted by Gasteiger charge is -2.37. The molecule has 1 aromatic carbocycles. The van der Waals surface area contributed by atoms with Gasteiger partial charge in [-0.2, -0.15) is 5.26 Å². The Morgan fingerprint density at radius 2 is 1.97 bits per heavy atom. The van der Waals surface area contributed by atoms with Gasteiger partial charge in [-0.25, -0.2) is 0 Å². The number of hydrogen-bond acceptors (Lipinski definition) is 5. The summed E-state index contributed by atoms with van der Waals surface area (Å²) in [6, 6.07) is 15.9. The van der Waals surface area contributed by atoms with E-state index in [1.54, 1.807) is 6.20 Å². The van der Waals surface area contributed by atoms with E-state index in [0.29, 0.717) is 39.1 Å². The number of pyridine rings is 1. The number of nitriles is 1. The van der Waals surface area contributed by atoms with Crippen molar-refractivity contribution in [3.8, 4) is 6.07 Å². The molecular formula is C24H29N5O. The van der Waals surface area contributed by atoms with Crippen LogP contribution in [0, 0.1) is 18.3 Å². The first-order valence-electron chi connectivity index (χ1n) is 10.4. The van der Waals surface area contributed by atoms with Crippen LogP contribution in [0.25, 0.3) is 0 Å². The zero-order valence-electron chi connectivity index (χ0n) is 17.5. The molecule has 0 bridgehead atoms. The number of aromatic nitrogens is 1. The lowest BCUT2D eigenvalue weighted by atomic mass is 10.0. The molecule has 1 saturated heterocycles. The molecule has 2 atom stereocenters. The van der Waals surface area contributed by atoms with Crippen LogP contribution in [0.3, 0.4) is 0 Å². The monoisotopic (exact) mass is 403 g/mol. The van der Waals surface area contributed by atoms with Gasteiger partial charge < -0.3 is 10.2 Å². The SMILES string of the molecule is C=CCNC(CC(=O)N1CCN(C(C#N)c2cccnc2C)CC1)c1ccccc1. The predicted octanol–water partition coefficient (Wildman–Crippen LogP) is 3.01. The first-order valence-corrected chi connectivity index (χ1v) is 10.4. The van der Waals surface area contributed by atoms with Gasteiger partial charge in [-0.1, -0.05) is 42.5 Å². The maximum absolute atomic E-state index is 13.0. The van der Waals surface area contributed by atoms with Crippen LogP contribution in [0.1, 0.15) is 35.3 Å². The number of carbonyl (C=O) groups is 1. The van der Waals surface area contributed by atoms with Crippen LogP contribution in [0.2, 0.25) is 0 Å². The molecule has 0 radical (unpaired) electrons. The van der Waals surface area contributed by atoms with Crippen LogP contribution in [0.5, 0.6) is 0 Å². The average Bonchev–Trinajstić information content (AvgIpc) is 2.79. The molecule has 0 aliphatic carbocycles. The highest BCUT2D eigenvalue weighted by Gasteiger charge is 2.29. The van der Waals surface area contributed by atoms with Crippen molar-refractivity contribution in [3.05, 3.63) is 78.1 Å². The van der Waals surface area contributed by atoms with Crippen LogP contribution in [0.15, 0.2) is 61.3 Å². The number of nitrogens with zero attached hydrogens (tertiary/aromatic N) is 4. The van der Waals surface area contributed by atoms with Gasteiger partial charge >= 0.3 is 0 Å². The number of piperazine rings is 1. The van der Waals surface area contributed by atoms with Gasteiger partial charge in [-0.15, -0.1) is 6.58 Å². The summed E-state index contributed by atoms with van der Waals surface area (Å²) in [4.78, 5) is 21.3. The molecular weight excluding hydrogens is 374 g/mol. The summed E-state index contributed by atoms with van der Waals surface area (Å²) in [5.41, 5.74) is 2.92. The number of carbonyl (C=O) groups excluding carboxylic acids is 1. The molecule has 1 amide bonds. The van der Waals surface area contributed by atoms with Crippen molar-refractivity contribution in [1.29, 1.82) is 5.26 Å². The van der Waals surface area contributed by atoms with Crippen molar-refractivity contribution in [3.63, 3.8) is 0 Å². The Hall–Kier alpha value is -3.01. The molecule has 1 fully saturated rings. The Morgan fingerprint density at radius 1 is 1.23 bits per heavy atom. The summed E-state index contributed by atoms with van der Waals surface area (Å²) < 4.78 is 0. The quantitative estimate of drug-likeness (QED) is 0.686. The van der Waals surface area contributed by atoms with E-state index in [1.807, 2.05) is 60.4 Å². The smallest absolute Gasteiger partial charge is 0.224 e. The number of aryl methyl sites for hydroxylation is 1. The van der Waals surface area contributed by atoms with E-state index in [1.165, 1.54) is 0 Å². The van der Waals surface area contributed by atoms with Crippen molar-refractivity contribution in [1.82, 2.24) is 20.1 Å². The van der Waals surface area contributed by atoms with E-state index in [9.17, 15) is 10.1 Å². The standard InChI is InChI=1S/C24H29N5O/c1-3-11-27-22(20-8-5-4-6-9-20)17-24(30)29-15-13-28(14-16-29)23(18-25)21-10-7-12-26-19(21)2/h3-10,12,22-23,27H,1,11,13-17H2,2H3. The van der Waals surface area contributed by atoms with E-state index in [2.05, 4.69) is 27.8 Å². The molecule has 6 heteroatoms. The van der Waals surface area contributed by atoms with Crippen molar-refractivity contribution >= 4 is 5.91 Å². The Labute approximate surface area is 178 Å². The highest BCUT2D eigenvalue weighted by molar-refractivity contribution is 5.77. The number of amides is 1. The maximum atomic E-state index is 13.0. The minimum Gasteiger partial charge on any atom is -0.340 e. The molecule has 3 rings (SSSR count). The number of benzene rings is 1. The van der Waals surface area contributed by atoms with Crippen LogP contribution in [-0.2, 0) is 4.79 Å². The molecule has 2 unspecified atom stereocenters. The Bertz CT molecular complexity index is 884. The molecule has 1 aliphatic rings. The first kappa shape index (κ1) is 21.7. The van der Waals surface area contributed by atoms with Crippen molar-refractivity contribution in [2.45, 2.75) is 25.4 Å². The molecule has 0 saturated carbocycles. The number of hydrogen-bond donors (Lipinski definition) is 1. The fourth-order valence-electron chi connectivity index (χ4n) is 3.89. The van der Waals surface area contributed by atoms with Crippen molar-refractivity contribution in [2.75, 3.05) is 32.7 Å². The van der Waals surface area contributed by atoms with Gasteiger partial charge in [0.2, 0.25) is 5.91 Å².